The maximum absolute atomic E-state index is 9.10. The van der Waals surface area contributed by atoms with E-state index < -0.39 is 11.9 Å². The first kappa shape index (κ1) is 97.8. The van der Waals surface area contributed by atoms with Crippen LogP contribution in [0.3, 0.4) is 0 Å². The first-order chi connectivity index (χ1) is 2.64. The molecule has 0 saturated heterocycles. The summed E-state index contributed by atoms with van der Waals surface area (Å²) in [6, 6.07) is 0. The van der Waals surface area contributed by atoms with Crippen LogP contribution in [0.25, 0.3) is 0 Å². The van der Waals surface area contributed by atoms with Gasteiger partial charge in [-0.1, -0.05) is 0 Å². The van der Waals surface area contributed by atoms with E-state index in [2.05, 4.69) is 0 Å². The molecule has 0 aromatic carbocycles. The summed E-state index contributed by atoms with van der Waals surface area (Å²) in [5.74, 6) is -3.65. The molecule has 1 radical (unpaired) electrons. The van der Waals surface area contributed by atoms with E-state index in [0.29, 0.717) is 0 Å². The summed E-state index contributed by atoms with van der Waals surface area (Å²) in [6.45, 7) is 0. The number of hydrogen-bond acceptors (Lipinski definition) is 2. The van der Waals surface area contributed by atoms with Gasteiger partial charge in [0.15, 0.2) is 0 Å². The van der Waals surface area contributed by atoms with Gasteiger partial charge in [0.1, 0.15) is 0 Å². The summed E-state index contributed by atoms with van der Waals surface area (Å²) in [5.41, 5.74) is 0. The van der Waals surface area contributed by atoms with E-state index in [0.717, 1.165) is 0 Å². The van der Waals surface area contributed by atoms with Crippen LogP contribution >= 0.6 is 0 Å². The molecule has 95 valence electrons. The molecule has 0 saturated carbocycles. The van der Waals surface area contributed by atoms with Gasteiger partial charge in [0.05, 0.1) is 0 Å². The Balaban J connectivity index is -0.00000000446. The van der Waals surface area contributed by atoms with Crippen molar-refractivity contribution in [2.24, 2.45) is 0 Å². The molecule has 12 heteroatoms. The quantitative estimate of drug-likeness (QED) is 0.320. The Morgan fingerprint density at radius 2 is 0.714 bits per heavy atom. The molecular formula is C2H15CuLiO10. The zero-order valence-corrected chi connectivity index (χ0v) is 6.95. The van der Waals surface area contributed by atoms with Crippen LogP contribution in [0.4, 0.5) is 0 Å². The van der Waals surface area contributed by atoms with Crippen molar-refractivity contribution >= 4 is 30.8 Å². The van der Waals surface area contributed by atoms with E-state index in [-0.39, 0.29) is 68.8 Å². The monoisotopic (exact) mass is 269 g/mol. The van der Waals surface area contributed by atoms with E-state index in [4.69, 9.17) is 19.8 Å². The van der Waals surface area contributed by atoms with Crippen molar-refractivity contribution in [3.8, 4) is 0 Å². The van der Waals surface area contributed by atoms with E-state index >= 15 is 0 Å². The number of hydrogen-bond donors (Lipinski definition) is 2. The van der Waals surface area contributed by atoms with E-state index in [1.54, 1.807) is 0 Å². The second kappa shape index (κ2) is 52.9. The fourth-order valence-electron chi connectivity index (χ4n) is 0. The molecule has 0 aliphatic rings. The van der Waals surface area contributed by atoms with Crippen molar-refractivity contribution in [2.75, 3.05) is 0 Å². The van der Waals surface area contributed by atoms with Gasteiger partial charge in [-0.05, 0) is 0 Å². The van der Waals surface area contributed by atoms with Crippen molar-refractivity contribution in [3.05, 3.63) is 0 Å². The van der Waals surface area contributed by atoms with Gasteiger partial charge >= 0.3 is 30.8 Å². The van der Waals surface area contributed by atoms with Crippen LogP contribution in [0.15, 0.2) is 0 Å². The molecule has 0 rings (SSSR count). The third-order valence-electron chi connectivity index (χ3n) is 0.183. The fraction of sp³-hybridized carbons (Fsp3) is 0. The van der Waals surface area contributed by atoms with Gasteiger partial charge in [-0.15, -0.1) is 0 Å². The average Bonchev–Trinajstić information content (AvgIpc) is 1.36. The number of carboxylic acid groups (broad SMARTS) is 2. The Labute approximate surface area is 101 Å². The standard InChI is InChI=1S/C2H2O4.Cu.Li.6H2O.H/c3-1(4)2(5)6;;;;;;;;;/h(H,3,4)(H,5,6);;;6*1H2;. The molecule has 0 amide bonds. The van der Waals surface area contributed by atoms with Gasteiger partial charge in [0.2, 0.25) is 0 Å². The third-order valence-corrected chi connectivity index (χ3v) is 0.183. The second-order valence-corrected chi connectivity index (χ2v) is 0.610. The Bertz CT molecular complexity index is 84.1. The Morgan fingerprint density at radius 3 is 0.714 bits per heavy atom. The van der Waals surface area contributed by atoms with E-state index in [1.807, 2.05) is 0 Å². The number of rotatable bonds is 0. The summed E-state index contributed by atoms with van der Waals surface area (Å²) in [5, 5.41) is 14.8. The molecule has 0 bridgehead atoms. The Kier molecular flexibility index (Phi) is 370. The zero-order chi connectivity index (χ0) is 5.15. The summed E-state index contributed by atoms with van der Waals surface area (Å²) in [4.78, 5) is 18.2. The molecule has 14 heavy (non-hydrogen) atoms. The van der Waals surface area contributed by atoms with Crippen molar-refractivity contribution in [1.82, 2.24) is 0 Å². The van der Waals surface area contributed by atoms with Gasteiger partial charge in [-0.3, -0.25) is 0 Å². The third kappa shape index (κ3) is 94.9. The molecular weight excluding hydrogens is 254 g/mol. The molecule has 0 heterocycles. The van der Waals surface area contributed by atoms with E-state index in [1.165, 1.54) is 0 Å². The predicted octanol–water partition coefficient (Wildman–Crippen LogP) is -6.44. The number of carboxylic acids is 2. The van der Waals surface area contributed by atoms with Gasteiger partial charge in [-0.25, -0.2) is 9.59 Å². The number of carbonyl (C=O) groups is 2. The Hall–Kier alpha value is -0.183. The first-order valence-electron chi connectivity index (χ1n) is 1.11. The normalized spacial score (nSPS) is 3.14. The topological polar surface area (TPSA) is 264 Å². The van der Waals surface area contributed by atoms with Crippen LogP contribution in [0, 0.1) is 0 Å². The molecule has 0 unspecified atom stereocenters. The van der Waals surface area contributed by atoms with Crippen LogP contribution < -0.4 is 0 Å². The molecule has 0 fully saturated rings. The fourth-order valence-corrected chi connectivity index (χ4v) is 0. The summed E-state index contributed by atoms with van der Waals surface area (Å²) in [7, 11) is 0. The predicted molar refractivity (Wildman–Crippen MR) is 44.1 cm³/mol. The molecule has 0 atom stereocenters. The van der Waals surface area contributed by atoms with Crippen molar-refractivity contribution in [3.63, 3.8) is 0 Å². The SMILES string of the molecule is O.O.O.O.O.O.O=C(O)C(=O)O.[Cu].[LiH]. The van der Waals surface area contributed by atoms with Crippen LogP contribution in [-0.2, 0) is 26.7 Å². The van der Waals surface area contributed by atoms with Crippen LogP contribution in [0.5, 0.6) is 0 Å². The van der Waals surface area contributed by atoms with Crippen LogP contribution in [0.1, 0.15) is 0 Å². The second-order valence-electron chi connectivity index (χ2n) is 0.610. The maximum atomic E-state index is 9.10. The van der Waals surface area contributed by atoms with Gasteiger partial charge in [0.25, 0.3) is 0 Å². The Morgan fingerprint density at radius 1 is 0.643 bits per heavy atom. The molecule has 14 N–H and O–H groups in total. The van der Waals surface area contributed by atoms with Gasteiger partial charge in [0, 0.05) is 17.1 Å². The molecule has 0 aromatic rings. The number of aliphatic carboxylic acids is 2. The summed E-state index contributed by atoms with van der Waals surface area (Å²) in [6.07, 6.45) is 0. The zero-order valence-electron chi connectivity index (χ0n) is 6.01. The van der Waals surface area contributed by atoms with Gasteiger partial charge < -0.3 is 43.1 Å². The van der Waals surface area contributed by atoms with Crippen LogP contribution in [-0.4, -0.2) is 73.9 Å². The minimum atomic E-state index is -1.82. The summed E-state index contributed by atoms with van der Waals surface area (Å²) >= 11 is 0. The van der Waals surface area contributed by atoms with Gasteiger partial charge in [-0.2, -0.15) is 0 Å². The minimum absolute atomic E-state index is 0. The van der Waals surface area contributed by atoms with Crippen molar-refractivity contribution < 1.29 is 69.7 Å². The van der Waals surface area contributed by atoms with Crippen molar-refractivity contribution in [2.45, 2.75) is 0 Å². The molecule has 0 aromatic heterocycles. The first-order valence-corrected chi connectivity index (χ1v) is 1.11. The average molecular weight is 270 g/mol. The molecule has 0 spiro atoms. The van der Waals surface area contributed by atoms with E-state index in [9.17, 15) is 0 Å². The van der Waals surface area contributed by atoms with Crippen LogP contribution in [0.2, 0.25) is 0 Å². The molecule has 0 aliphatic carbocycles. The summed E-state index contributed by atoms with van der Waals surface area (Å²) < 4.78 is 0. The molecule has 0 aliphatic heterocycles. The van der Waals surface area contributed by atoms with Crippen molar-refractivity contribution in [1.29, 1.82) is 0 Å². The molecule has 10 nitrogen and oxygen atoms in total.